The predicted octanol–water partition coefficient (Wildman–Crippen LogP) is 7.31. The fraction of sp³-hybridized carbons (Fsp3) is 0.677. The third kappa shape index (κ3) is 4.70. The Morgan fingerprint density at radius 3 is 2.60 bits per heavy atom. The van der Waals surface area contributed by atoms with E-state index in [0.717, 1.165) is 44.1 Å². The lowest BCUT2D eigenvalue weighted by Crippen LogP contribution is -2.49. The highest BCUT2D eigenvalue weighted by atomic mass is 16.5. The lowest BCUT2D eigenvalue weighted by molar-refractivity contribution is -0.124. The number of rotatable bonds is 4. The van der Waals surface area contributed by atoms with Crippen LogP contribution in [0, 0.1) is 28.6 Å². The Kier molecular flexibility index (Phi) is 7.78. The molecule has 1 aromatic heterocycles. The molecule has 5 unspecified atom stereocenters. The predicted molar refractivity (Wildman–Crippen MR) is 144 cm³/mol. The number of allylic oxidation sites excluding steroid dienone is 3. The zero-order valence-corrected chi connectivity index (χ0v) is 22.9. The van der Waals surface area contributed by atoms with Gasteiger partial charge in [-0.05, 0) is 90.7 Å². The molecule has 192 valence electrons. The van der Waals surface area contributed by atoms with Gasteiger partial charge in [0.15, 0.2) is 0 Å². The summed E-state index contributed by atoms with van der Waals surface area (Å²) in [5.74, 6) is 3.19. The van der Waals surface area contributed by atoms with Crippen molar-refractivity contribution in [2.24, 2.45) is 28.6 Å². The average Bonchev–Trinajstić information content (AvgIpc) is 3.15. The zero-order valence-electron chi connectivity index (χ0n) is 22.9. The first-order valence-electron chi connectivity index (χ1n) is 14.0. The maximum Gasteiger partial charge on any atom is 0.246 e. The first-order chi connectivity index (χ1) is 16.8. The number of hydrogen-bond donors (Lipinski definition) is 0. The number of pyridine rings is 1. The lowest BCUT2D eigenvalue weighted by atomic mass is 9.47. The Morgan fingerprint density at radius 2 is 1.86 bits per heavy atom. The highest BCUT2D eigenvalue weighted by Gasteiger charge is 2.57. The number of ether oxygens (including phenoxy) is 1. The first-order valence-corrected chi connectivity index (χ1v) is 14.0. The van der Waals surface area contributed by atoms with Crippen LogP contribution in [0.25, 0.3) is 5.57 Å². The van der Waals surface area contributed by atoms with Gasteiger partial charge in [0.1, 0.15) is 5.75 Å². The molecule has 2 saturated carbocycles. The van der Waals surface area contributed by atoms with Gasteiger partial charge >= 0.3 is 0 Å². The van der Waals surface area contributed by atoms with E-state index in [2.05, 4.69) is 51.7 Å². The highest BCUT2D eigenvalue weighted by molar-refractivity contribution is 5.88. The second-order valence-corrected chi connectivity index (χ2v) is 11.8. The SMILES string of the molecule is CCC.CCCOc1cncc(C2=CCC3C4CCC5=CC(=O)N(C)CCC5(C)C4CCC23C)c1. The van der Waals surface area contributed by atoms with Crippen molar-refractivity contribution in [3.05, 3.63) is 41.7 Å². The summed E-state index contributed by atoms with van der Waals surface area (Å²) in [6, 6.07) is 2.20. The van der Waals surface area contributed by atoms with Crippen LogP contribution in [-0.2, 0) is 4.79 Å². The minimum absolute atomic E-state index is 0.170. The van der Waals surface area contributed by atoms with Crippen LogP contribution < -0.4 is 4.74 Å². The molecule has 5 rings (SSSR count). The second kappa shape index (κ2) is 10.5. The van der Waals surface area contributed by atoms with Gasteiger partial charge in [-0.1, -0.05) is 52.7 Å². The molecule has 0 radical (unpaired) electrons. The quantitative estimate of drug-likeness (QED) is 0.455. The van der Waals surface area contributed by atoms with Crippen molar-refractivity contribution in [3.8, 4) is 5.75 Å². The van der Waals surface area contributed by atoms with E-state index < -0.39 is 0 Å². The van der Waals surface area contributed by atoms with Crippen molar-refractivity contribution in [2.45, 2.75) is 86.0 Å². The molecular formula is C31H46N2O2. The molecule has 0 N–H and O–H groups in total. The summed E-state index contributed by atoms with van der Waals surface area (Å²) in [4.78, 5) is 18.9. The fourth-order valence-electron chi connectivity index (χ4n) is 7.56. The fourth-order valence-corrected chi connectivity index (χ4v) is 7.56. The molecule has 0 spiro atoms. The molecule has 1 aromatic rings. The van der Waals surface area contributed by atoms with Gasteiger partial charge in [0, 0.05) is 25.9 Å². The summed E-state index contributed by atoms with van der Waals surface area (Å²) in [5.41, 5.74) is 4.53. The summed E-state index contributed by atoms with van der Waals surface area (Å²) in [7, 11) is 1.95. The molecule has 3 aliphatic carbocycles. The van der Waals surface area contributed by atoms with E-state index in [-0.39, 0.29) is 16.7 Å². The molecular weight excluding hydrogens is 432 g/mol. The highest BCUT2D eigenvalue weighted by Crippen LogP contribution is 2.66. The average molecular weight is 479 g/mol. The van der Waals surface area contributed by atoms with Crippen LogP contribution in [0.5, 0.6) is 5.75 Å². The molecule has 4 aliphatic rings. The molecule has 1 amide bonds. The van der Waals surface area contributed by atoms with Crippen molar-refractivity contribution >= 4 is 11.5 Å². The molecule has 5 atom stereocenters. The third-order valence-corrected chi connectivity index (χ3v) is 9.45. The molecule has 0 saturated heterocycles. The number of aromatic nitrogens is 1. The molecule has 0 aromatic carbocycles. The number of carbonyl (C=O) groups excluding carboxylic acids is 1. The summed E-state index contributed by atoms with van der Waals surface area (Å²) in [5, 5.41) is 0. The number of carbonyl (C=O) groups is 1. The Morgan fingerprint density at radius 1 is 1.09 bits per heavy atom. The van der Waals surface area contributed by atoms with Gasteiger partial charge in [0.2, 0.25) is 5.91 Å². The van der Waals surface area contributed by atoms with Gasteiger partial charge in [0.05, 0.1) is 12.8 Å². The first kappa shape index (κ1) is 26.0. The largest absolute Gasteiger partial charge is 0.492 e. The molecule has 0 bridgehead atoms. The maximum atomic E-state index is 12.5. The van der Waals surface area contributed by atoms with Gasteiger partial charge in [-0.25, -0.2) is 0 Å². The van der Waals surface area contributed by atoms with Crippen molar-refractivity contribution in [1.29, 1.82) is 0 Å². The monoisotopic (exact) mass is 478 g/mol. The van der Waals surface area contributed by atoms with E-state index in [1.165, 1.54) is 48.8 Å². The molecule has 1 aliphatic heterocycles. The molecule has 2 heterocycles. The number of fused-ring (bicyclic) bond motifs is 5. The van der Waals surface area contributed by atoms with E-state index in [1.807, 2.05) is 30.4 Å². The van der Waals surface area contributed by atoms with Crippen molar-refractivity contribution in [2.75, 3.05) is 20.2 Å². The van der Waals surface area contributed by atoms with E-state index in [0.29, 0.717) is 11.8 Å². The Labute approximate surface area is 213 Å². The molecule has 4 nitrogen and oxygen atoms in total. The maximum absolute atomic E-state index is 12.5. The number of hydrogen-bond acceptors (Lipinski definition) is 3. The second-order valence-electron chi connectivity index (χ2n) is 11.8. The van der Waals surface area contributed by atoms with Crippen LogP contribution in [0.1, 0.15) is 91.5 Å². The van der Waals surface area contributed by atoms with Crippen LogP contribution in [0.4, 0.5) is 0 Å². The van der Waals surface area contributed by atoms with Crippen molar-refractivity contribution in [3.63, 3.8) is 0 Å². The minimum atomic E-state index is 0.170. The van der Waals surface area contributed by atoms with Crippen molar-refractivity contribution < 1.29 is 9.53 Å². The standard InChI is InChI=1S/C28H38N2O2.C3H8/c1-5-14-32-21-15-19(17-29-18-21)23-8-9-24-22-7-6-20-16-26(31)30(4)13-12-27(20,2)25(22)10-11-28(23,24)3;1-3-2/h8,15-18,22,24-25H,5-7,9-14H2,1-4H3;3H2,1-2H3. The van der Waals surface area contributed by atoms with Crippen LogP contribution >= 0.6 is 0 Å². The minimum Gasteiger partial charge on any atom is -0.492 e. The van der Waals surface area contributed by atoms with Gasteiger partial charge in [0.25, 0.3) is 0 Å². The molecule has 35 heavy (non-hydrogen) atoms. The van der Waals surface area contributed by atoms with Crippen LogP contribution in [0.2, 0.25) is 0 Å². The van der Waals surface area contributed by atoms with E-state index in [1.54, 1.807) is 0 Å². The third-order valence-electron chi connectivity index (χ3n) is 9.45. The number of nitrogens with zero attached hydrogens (tertiary/aromatic N) is 2. The Hall–Kier alpha value is -2.10. The molecule has 2 fully saturated rings. The Balaban J connectivity index is 0.000000917. The topological polar surface area (TPSA) is 42.4 Å². The summed E-state index contributed by atoms with van der Waals surface area (Å²) < 4.78 is 5.88. The number of likely N-dealkylation sites (N-methyl/N-ethyl adjacent to an activating group) is 1. The number of amides is 1. The zero-order chi connectivity index (χ0) is 25.2. The van der Waals surface area contributed by atoms with Crippen LogP contribution in [0.15, 0.2) is 36.2 Å². The van der Waals surface area contributed by atoms with Gasteiger partial charge in [-0.2, -0.15) is 0 Å². The summed E-state index contributed by atoms with van der Waals surface area (Å²) in [6.45, 7) is 13.0. The summed E-state index contributed by atoms with van der Waals surface area (Å²) in [6.07, 6.45) is 17.7. The van der Waals surface area contributed by atoms with E-state index >= 15 is 0 Å². The van der Waals surface area contributed by atoms with Crippen LogP contribution in [-0.4, -0.2) is 36.0 Å². The smallest absolute Gasteiger partial charge is 0.246 e. The van der Waals surface area contributed by atoms with Gasteiger partial charge < -0.3 is 9.64 Å². The lowest BCUT2D eigenvalue weighted by Gasteiger charge is -2.57. The van der Waals surface area contributed by atoms with E-state index in [4.69, 9.17) is 4.74 Å². The Bertz CT molecular complexity index is 982. The van der Waals surface area contributed by atoms with Crippen molar-refractivity contribution in [1.82, 2.24) is 9.88 Å². The molecule has 4 heteroatoms. The van der Waals surface area contributed by atoms with Gasteiger partial charge in [-0.3, -0.25) is 9.78 Å². The van der Waals surface area contributed by atoms with Gasteiger partial charge in [-0.15, -0.1) is 0 Å². The van der Waals surface area contributed by atoms with E-state index in [9.17, 15) is 4.79 Å². The summed E-state index contributed by atoms with van der Waals surface area (Å²) >= 11 is 0. The normalized spacial score (nSPS) is 33.8. The van der Waals surface area contributed by atoms with Crippen LogP contribution in [0.3, 0.4) is 0 Å².